The van der Waals surface area contributed by atoms with Gasteiger partial charge in [-0.05, 0) is 24.6 Å². The first-order valence-corrected chi connectivity index (χ1v) is 4.91. The minimum atomic E-state index is -0.255. The van der Waals surface area contributed by atoms with Gasteiger partial charge in [0.05, 0.1) is 0 Å². The van der Waals surface area contributed by atoms with Crippen molar-refractivity contribution in [2.75, 3.05) is 0 Å². The van der Waals surface area contributed by atoms with Crippen molar-refractivity contribution in [2.24, 2.45) is 0 Å². The average molecular weight is 206 g/mol. The Kier molecular flexibility index (Phi) is 4.03. The van der Waals surface area contributed by atoms with Gasteiger partial charge in [-0.25, -0.2) is 0 Å². The summed E-state index contributed by atoms with van der Waals surface area (Å²) in [5.41, 5.74) is 0.929. The fraction of sp³-hybridized carbons (Fsp3) is 0.333. The van der Waals surface area contributed by atoms with E-state index in [4.69, 9.17) is 4.74 Å². The maximum Gasteiger partial charge on any atom is 0.310 e. The Hall–Kier alpha value is -1.64. The van der Waals surface area contributed by atoms with Crippen LogP contribution in [0.2, 0.25) is 0 Å². The Morgan fingerprint density at radius 1 is 1.20 bits per heavy atom. The zero-order chi connectivity index (χ0) is 11.3. The van der Waals surface area contributed by atoms with Gasteiger partial charge in [-0.2, -0.15) is 0 Å². The molecule has 0 amide bonds. The first-order valence-electron chi connectivity index (χ1n) is 4.91. The summed E-state index contributed by atoms with van der Waals surface area (Å²) >= 11 is 0. The molecule has 1 aromatic carbocycles. The Morgan fingerprint density at radius 2 is 1.80 bits per heavy atom. The van der Waals surface area contributed by atoms with Crippen LogP contribution in [0.15, 0.2) is 24.3 Å². The number of carbonyl (C=O) groups is 2. The molecule has 15 heavy (non-hydrogen) atoms. The lowest BCUT2D eigenvalue weighted by Gasteiger charge is -2.03. The van der Waals surface area contributed by atoms with Crippen LogP contribution in [0.25, 0.3) is 0 Å². The van der Waals surface area contributed by atoms with E-state index in [1.54, 1.807) is 38.1 Å². The third kappa shape index (κ3) is 3.94. The molecule has 0 atom stereocenters. The molecule has 0 saturated carbocycles. The van der Waals surface area contributed by atoms with Crippen LogP contribution in [0.4, 0.5) is 0 Å². The van der Waals surface area contributed by atoms with Gasteiger partial charge in [-0.3, -0.25) is 9.59 Å². The standard InChI is InChI=1S/C12H14O3/c1-3-12(14)15-11-6-4-10(5-7-11)8-9(2)13/h4-7H,3,8H2,1-2H3. The van der Waals surface area contributed by atoms with Gasteiger partial charge in [0.1, 0.15) is 11.5 Å². The molecule has 0 aliphatic carbocycles. The summed E-state index contributed by atoms with van der Waals surface area (Å²) in [6, 6.07) is 6.98. The number of benzene rings is 1. The molecule has 0 N–H and O–H groups in total. The van der Waals surface area contributed by atoms with Crippen LogP contribution < -0.4 is 4.74 Å². The third-order valence-corrected chi connectivity index (χ3v) is 1.90. The number of rotatable bonds is 4. The number of hydrogen-bond acceptors (Lipinski definition) is 3. The molecule has 0 spiro atoms. The SMILES string of the molecule is CCC(=O)Oc1ccc(CC(C)=O)cc1. The fourth-order valence-corrected chi connectivity index (χ4v) is 1.17. The van der Waals surface area contributed by atoms with Gasteiger partial charge in [0, 0.05) is 12.8 Å². The van der Waals surface area contributed by atoms with E-state index in [-0.39, 0.29) is 11.8 Å². The summed E-state index contributed by atoms with van der Waals surface area (Å²) in [5, 5.41) is 0. The molecule has 1 aromatic rings. The number of carbonyl (C=O) groups excluding carboxylic acids is 2. The highest BCUT2D eigenvalue weighted by molar-refractivity contribution is 5.78. The van der Waals surface area contributed by atoms with E-state index in [0.29, 0.717) is 18.6 Å². The predicted molar refractivity (Wildman–Crippen MR) is 56.8 cm³/mol. The second-order valence-electron chi connectivity index (χ2n) is 3.35. The minimum Gasteiger partial charge on any atom is -0.427 e. The van der Waals surface area contributed by atoms with E-state index in [1.165, 1.54) is 0 Å². The van der Waals surface area contributed by atoms with Gasteiger partial charge in [0.15, 0.2) is 0 Å². The van der Waals surface area contributed by atoms with E-state index < -0.39 is 0 Å². The van der Waals surface area contributed by atoms with Crippen LogP contribution in [0.5, 0.6) is 5.75 Å². The maximum atomic E-state index is 11.0. The quantitative estimate of drug-likeness (QED) is 0.560. The second kappa shape index (κ2) is 5.29. The van der Waals surface area contributed by atoms with Crippen molar-refractivity contribution >= 4 is 11.8 Å². The van der Waals surface area contributed by atoms with E-state index in [0.717, 1.165) is 5.56 Å². The number of hydrogen-bond donors (Lipinski definition) is 0. The third-order valence-electron chi connectivity index (χ3n) is 1.90. The fourth-order valence-electron chi connectivity index (χ4n) is 1.17. The Bertz CT molecular complexity index is 352. The van der Waals surface area contributed by atoms with Gasteiger partial charge in [0.25, 0.3) is 0 Å². The normalized spacial score (nSPS) is 9.73. The van der Waals surface area contributed by atoms with E-state index >= 15 is 0 Å². The zero-order valence-corrected chi connectivity index (χ0v) is 8.95. The Labute approximate surface area is 89.1 Å². The van der Waals surface area contributed by atoms with E-state index in [2.05, 4.69) is 0 Å². The molecular formula is C12H14O3. The summed E-state index contributed by atoms with van der Waals surface area (Å²) in [7, 11) is 0. The highest BCUT2D eigenvalue weighted by Gasteiger charge is 2.02. The van der Waals surface area contributed by atoms with Crippen LogP contribution in [0, 0.1) is 0 Å². The first kappa shape index (κ1) is 11.4. The van der Waals surface area contributed by atoms with Crippen molar-refractivity contribution in [1.82, 2.24) is 0 Å². The summed E-state index contributed by atoms with van der Waals surface area (Å²) in [6.45, 7) is 3.29. The van der Waals surface area contributed by atoms with Crippen LogP contribution in [0.3, 0.4) is 0 Å². The summed E-state index contributed by atoms with van der Waals surface area (Å²) in [6.07, 6.45) is 0.775. The molecular weight excluding hydrogens is 192 g/mol. The Balaban J connectivity index is 2.64. The highest BCUT2D eigenvalue weighted by Crippen LogP contribution is 2.13. The summed E-state index contributed by atoms with van der Waals surface area (Å²) in [4.78, 5) is 21.8. The molecule has 0 fully saturated rings. The van der Waals surface area contributed by atoms with Crippen LogP contribution >= 0.6 is 0 Å². The number of Topliss-reactive ketones (excluding diaryl/α,β-unsaturated/α-hetero) is 1. The molecule has 0 aliphatic rings. The zero-order valence-electron chi connectivity index (χ0n) is 8.95. The monoisotopic (exact) mass is 206 g/mol. The van der Waals surface area contributed by atoms with Crippen molar-refractivity contribution in [1.29, 1.82) is 0 Å². The second-order valence-corrected chi connectivity index (χ2v) is 3.35. The van der Waals surface area contributed by atoms with Crippen molar-refractivity contribution < 1.29 is 14.3 Å². The molecule has 0 aliphatic heterocycles. The average Bonchev–Trinajstić information content (AvgIpc) is 2.20. The highest BCUT2D eigenvalue weighted by atomic mass is 16.5. The van der Waals surface area contributed by atoms with E-state index in [9.17, 15) is 9.59 Å². The topological polar surface area (TPSA) is 43.4 Å². The van der Waals surface area contributed by atoms with Crippen molar-refractivity contribution in [3.8, 4) is 5.75 Å². The molecule has 3 heteroatoms. The largest absolute Gasteiger partial charge is 0.427 e. The van der Waals surface area contributed by atoms with Crippen molar-refractivity contribution in [2.45, 2.75) is 26.7 Å². The number of ether oxygens (including phenoxy) is 1. The van der Waals surface area contributed by atoms with Gasteiger partial charge in [-0.1, -0.05) is 19.1 Å². The number of ketones is 1. The van der Waals surface area contributed by atoms with Gasteiger partial charge < -0.3 is 4.74 Å². The lowest BCUT2D eigenvalue weighted by molar-refractivity contribution is -0.134. The van der Waals surface area contributed by atoms with Gasteiger partial charge in [0.2, 0.25) is 0 Å². The maximum absolute atomic E-state index is 11.0. The van der Waals surface area contributed by atoms with Crippen LogP contribution in [-0.4, -0.2) is 11.8 Å². The molecule has 0 heterocycles. The first-order chi connectivity index (χ1) is 7.11. The van der Waals surface area contributed by atoms with Crippen molar-refractivity contribution in [3.05, 3.63) is 29.8 Å². The molecule has 0 aromatic heterocycles. The van der Waals surface area contributed by atoms with Crippen LogP contribution in [0.1, 0.15) is 25.8 Å². The molecule has 80 valence electrons. The molecule has 3 nitrogen and oxygen atoms in total. The Morgan fingerprint density at radius 3 is 2.27 bits per heavy atom. The minimum absolute atomic E-state index is 0.119. The molecule has 1 rings (SSSR count). The molecule has 0 unspecified atom stereocenters. The lowest BCUT2D eigenvalue weighted by atomic mass is 10.1. The molecule has 0 radical (unpaired) electrons. The summed E-state index contributed by atoms with van der Waals surface area (Å²) < 4.78 is 5.00. The van der Waals surface area contributed by atoms with Crippen molar-refractivity contribution in [3.63, 3.8) is 0 Å². The lowest BCUT2D eigenvalue weighted by Crippen LogP contribution is -2.05. The molecule has 0 bridgehead atoms. The van der Waals surface area contributed by atoms with E-state index in [1.807, 2.05) is 0 Å². The smallest absolute Gasteiger partial charge is 0.310 e. The number of esters is 1. The van der Waals surface area contributed by atoms with Gasteiger partial charge >= 0.3 is 5.97 Å². The van der Waals surface area contributed by atoms with Gasteiger partial charge in [-0.15, -0.1) is 0 Å². The summed E-state index contributed by atoms with van der Waals surface area (Å²) in [5.74, 6) is 0.386. The van der Waals surface area contributed by atoms with Crippen LogP contribution in [-0.2, 0) is 16.0 Å². The predicted octanol–water partition coefficient (Wildman–Crippen LogP) is 2.13. The molecule has 0 saturated heterocycles.